The molecule has 0 radical (unpaired) electrons. The van der Waals surface area contributed by atoms with Gasteiger partial charge in [0.15, 0.2) is 0 Å². The minimum atomic E-state index is -0.604. The van der Waals surface area contributed by atoms with Gasteiger partial charge in [0.2, 0.25) is 5.91 Å². The second-order valence-corrected chi connectivity index (χ2v) is 9.17. The lowest BCUT2D eigenvalue weighted by atomic mass is 9.92. The molecule has 4 N–H and O–H groups in total. The Bertz CT molecular complexity index is 970. The van der Waals surface area contributed by atoms with Crippen molar-refractivity contribution in [1.29, 1.82) is 0 Å². The lowest BCUT2D eigenvalue weighted by Crippen LogP contribution is -2.42. The molecule has 1 aliphatic rings. The maximum atomic E-state index is 12.8. The van der Waals surface area contributed by atoms with Crippen LogP contribution in [0.5, 0.6) is 0 Å². The predicted molar refractivity (Wildman–Crippen MR) is 140 cm³/mol. The lowest BCUT2D eigenvalue weighted by Gasteiger charge is -2.33. The van der Waals surface area contributed by atoms with E-state index in [4.69, 9.17) is 33.7 Å². The van der Waals surface area contributed by atoms with Crippen molar-refractivity contribution in [3.63, 3.8) is 0 Å². The van der Waals surface area contributed by atoms with Gasteiger partial charge >= 0.3 is 5.97 Å². The first-order valence-corrected chi connectivity index (χ1v) is 12.2. The molecule has 6 nitrogen and oxygen atoms in total. The van der Waals surface area contributed by atoms with Crippen molar-refractivity contribution in [1.82, 2.24) is 5.32 Å². The molecule has 34 heavy (non-hydrogen) atoms. The quantitative estimate of drug-likeness (QED) is 0.276. The fourth-order valence-electron chi connectivity index (χ4n) is 3.97. The summed E-state index contributed by atoms with van der Waals surface area (Å²) in [7, 11) is 0. The molecule has 0 fully saturated rings. The third kappa shape index (κ3) is 7.77. The Hall–Kier alpha value is -1.99. The summed E-state index contributed by atoms with van der Waals surface area (Å²) < 4.78 is 5.48. The topological polar surface area (TPSA) is 93.5 Å². The monoisotopic (exact) mass is 527 g/mol. The average molecular weight is 529 g/mol. The molecule has 186 valence electrons. The zero-order valence-electron chi connectivity index (χ0n) is 19.2. The maximum Gasteiger partial charge on any atom is 0.328 e. The van der Waals surface area contributed by atoms with E-state index in [0.717, 1.165) is 42.4 Å². The van der Waals surface area contributed by atoms with Gasteiger partial charge in [0.1, 0.15) is 6.04 Å². The molecule has 1 aliphatic heterocycles. The van der Waals surface area contributed by atoms with Crippen LogP contribution in [0.4, 0.5) is 5.69 Å². The average Bonchev–Trinajstić information content (AvgIpc) is 2.78. The van der Waals surface area contributed by atoms with E-state index in [1.165, 1.54) is 0 Å². The summed E-state index contributed by atoms with van der Waals surface area (Å²) in [6, 6.07) is 9.91. The van der Waals surface area contributed by atoms with Crippen LogP contribution in [-0.2, 0) is 27.3 Å². The summed E-state index contributed by atoms with van der Waals surface area (Å²) in [5, 5.41) is 7.12. The third-order valence-corrected chi connectivity index (χ3v) is 6.26. The number of fused-ring (bicyclic) bond motifs is 1. The number of ether oxygens (including phenoxy) is 1. The molecule has 0 aliphatic carbocycles. The first kappa shape index (κ1) is 28.2. The number of rotatable bonds is 10. The Kier molecular flexibility index (Phi) is 11.5. The van der Waals surface area contributed by atoms with Crippen molar-refractivity contribution < 1.29 is 14.3 Å². The van der Waals surface area contributed by atoms with E-state index >= 15 is 0 Å². The molecule has 2 aromatic carbocycles. The Morgan fingerprint density at radius 2 is 1.82 bits per heavy atom. The number of halogens is 3. The summed E-state index contributed by atoms with van der Waals surface area (Å²) in [4.78, 5) is 25.6. The minimum Gasteiger partial charge on any atom is -0.464 e. The summed E-state index contributed by atoms with van der Waals surface area (Å²) in [5.74, 6) is -0.504. The first-order valence-electron chi connectivity index (χ1n) is 11.4. The molecule has 0 aromatic heterocycles. The number of anilines is 1. The van der Waals surface area contributed by atoms with Crippen LogP contribution in [0.3, 0.4) is 0 Å². The number of carbonyl (C=O) groups excluding carboxylic acids is 2. The summed E-state index contributed by atoms with van der Waals surface area (Å²) in [5.41, 5.74) is 8.87. The van der Waals surface area contributed by atoms with E-state index in [9.17, 15) is 9.59 Å². The molecular weight excluding hydrogens is 497 g/mol. The Labute approximate surface area is 217 Å². The first-order chi connectivity index (χ1) is 15.9. The molecule has 1 heterocycles. The van der Waals surface area contributed by atoms with Gasteiger partial charge in [-0.1, -0.05) is 73.7 Å². The van der Waals surface area contributed by atoms with Crippen LogP contribution in [0.25, 0.3) is 0 Å². The van der Waals surface area contributed by atoms with Crippen molar-refractivity contribution in [2.24, 2.45) is 5.73 Å². The number of nitrogens with two attached hydrogens (primary N) is 1. The van der Waals surface area contributed by atoms with Crippen molar-refractivity contribution in [3.8, 4) is 0 Å². The van der Waals surface area contributed by atoms with Crippen molar-refractivity contribution >= 4 is 53.2 Å². The van der Waals surface area contributed by atoms with Crippen LogP contribution >= 0.6 is 35.6 Å². The van der Waals surface area contributed by atoms with Crippen molar-refractivity contribution in [3.05, 3.63) is 63.1 Å². The highest BCUT2D eigenvalue weighted by atomic mass is 35.5. The smallest absolute Gasteiger partial charge is 0.328 e. The Balaban J connectivity index is 0.00000408. The number of hydrogen-bond donors (Lipinski definition) is 3. The number of nitrogens with one attached hydrogen (secondary N) is 2. The van der Waals surface area contributed by atoms with Gasteiger partial charge in [0.25, 0.3) is 0 Å². The molecule has 2 atom stereocenters. The van der Waals surface area contributed by atoms with E-state index < -0.39 is 12.1 Å². The van der Waals surface area contributed by atoms with Crippen LogP contribution in [0.15, 0.2) is 36.4 Å². The Morgan fingerprint density at radius 3 is 2.50 bits per heavy atom. The molecular formula is C25H32Cl3N3O3. The molecule has 9 heteroatoms. The van der Waals surface area contributed by atoms with E-state index in [1.54, 1.807) is 12.1 Å². The number of esters is 1. The van der Waals surface area contributed by atoms with Crippen LogP contribution in [-0.4, -0.2) is 24.5 Å². The molecule has 0 spiro atoms. The molecule has 3 rings (SSSR count). The van der Waals surface area contributed by atoms with Crippen molar-refractivity contribution in [2.45, 2.75) is 64.1 Å². The van der Waals surface area contributed by atoms with Gasteiger partial charge in [-0.3, -0.25) is 4.79 Å². The number of hydrogen-bond acceptors (Lipinski definition) is 5. The second-order valence-electron chi connectivity index (χ2n) is 8.33. The standard InChI is InChI=1S/C25H31Cl2N3O3.ClH/c1-2-3-4-5-10-33-25(32)22-14-21(24-19(27)12-18(26)13-20(24)29-22)30-23(31)11-16-6-8-17(15-28)9-7-16;/h6-9,12-13,21-22,29H,2-5,10-11,14-15,28H2,1H3,(H,30,31);1H. The zero-order chi connectivity index (χ0) is 23.8. The van der Waals surface area contributed by atoms with E-state index in [0.29, 0.717) is 35.3 Å². The normalized spacial score (nSPS) is 16.6. The number of carbonyl (C=O) groups is 2. The Morgan fingerprint density at radius 1 is 1.12 bits per heavy atom. The predicted octanol–water partition coefficient (Wildman–Crippen LogP) is 5.58. The number of amides is 1. The van der Waals surface area contributed by atoms with E-state index in [-0.39, 0.29) is 30.7 Å². The third-order valence-electron chi connectivity index (χ3n) is 5.73. The van der Waals surface area contributed by atoms with Crippen LogP contribution in [0.2, 0.25) is 10.0 Å². The molecule has 2 aromatic rings. The number of unbranched alkanes of at least 4 members (excludes halogenated alkanes) is 3. The molecule has 0 bridgehead atoms. The van der Waals surface area contributed by atoms with Gasteiger partial charge in [0.05, 0.1) is 19.1 Å². The summed E-state index contributed by atoms with van der Waals surface area (Å²) >= 11 is 12.7. The molecule has 1 amide bonds. The fraction of sp³-hybridized carbons (Fsp3) is 0.440. The number of benzene rings is 2. The largest absolute Gasteiger partial charge is 0.464 e. The molecule has 0 saturated heterocycles. The fourth-order valence-corrected chi connectivity index (χ4v) is 4.60. The molecule has 0 saturated carbocycles. The van der Waals surface area contributed by atoms with Gasteiger partial charge in [0, 0.05) is 34.3 Å². The van der Waals surface area contributed by atoms with E-state index in [2.05, 4.69) is 17.6 Å². The minimum absolute atomic E-state index is 0. The van der Waals surface area contributed by atoms with Gasteiger partial charge in [-0.2, -0.15) is 0 Å². The maximum absolute atomic E-state index is 12.8. The summed E-state index contributed by atoms with van der Waals surface area (Å²) in [6.07, 6.45) is 4.65. The summed E-state index contributed by atoms with van der Waals surface area (Å²) in [6.45, 7) is 2.97. The van der Waals surface area contributed by atoms with E-state index in [1.807, 2.05) is 24.3 Å². The van der Waals surface area contributed by atoms with Gasteiger partial charge in [-0.25, -0.2) is 4.79 Å². The highest BCUT2D eigenvalue weighted by molar-refractivity contribution is 6.35. The van der Waals surface area contributed by atoms with Gasteiger partial charge in [-0.15, -0.1) is 12.4 Å². The van der Waals surface area contributed by atoms with Gasteiger partial charge < -0.3 is 21.1 Å². The SMILES string of the molecule is CCCCCCOC(=O)C1CC(NC(=O)Cc2ccc(CN)cc2)c2c(Cl)cc(Cl)cc2N1.Cl. The second kappa shape index (κ2) is 13.8. The molecule has 2 unspecified atom stereocenters. The van der Waals surface area contributed by atoms with Crippen LogP contribution in [0.1, 0.15) is 61.8 Å². The zero-order valence-corrected chi connectivity index (χ0v) is 21.6. The highest BCUT2D eigenvalue weighted by Crippen LogP contribution is 2.40. The van der Waals surface area contributed by atoms with Crippen molar-refractivity contribution in [2.75, 3.05) is 11.9 Å². The lowest BCUT2D eigenvalue weighted by molar-refractivity contribution is -0.145. The van der Waals surface area contributed by atoms with Gasteiger partial charge in [-0.05, 0) is 29.7 Å². The van der Waals surface area contributed by atoms with Crippen LogP contribution < -0.4 is 16.4 Å². The van der Waals surface area contributed by atoms with Crippen LogP contribution in [0, 0.1) is 0 Å². The highest BCUT2D eigenvalue weighted by Gasteiger charge is 2.34.